The van der Waals surface area contributed by atoms with Gasteiger partial charge in [0.25, 0.3) is 0 Å². The molecule has 0 heterocycles. The number of nitrogens with zero attached hydrogens (tertiary/aromatic N) is 1. The standard InChI is InChI=1S/C11H12N2O2/c1-7-5-10(12-3)8(2)4-9(7)6-13-11(14)15/h4-5,13H,6H2,1-2H3,(H,14,15). The summed E-state index contributed by atoms with van der Waals surface area (Å²) in [6.07, 6.45) is -1.04. The second kappa shape index (κ2) is 4.47. The second-order valence-electron chi connectivity index (χ2n) is 3.34. The molecule has 0 aliphatic rings. The summed E-state index contributed by atoms with van der Waals surface area (Å²) in [5, 5.41) is 10.8. The van der Waals surface area contributed by atoms with Gasteiger partial charge in [-0.25, -0.2) is 9.64 Å². The molecule has 2 N–H and O–H groups in total. The SMILES string of the molecule is [C-]#[N+]c1cc(C)c(CNC(=O)O)cc1C. The van der Waals surface area contributed by atoms with Gasteiger partial charge in [0, 0.05) is 6.54 Å². The van der Waals surface area contributed by atoms with Crippen LogP contribution in [0.15, 0.2) is 12.1 Å². The van der Waals surface area contributed by atoms with E-state index in [2.05, 4.69) is 10.2 Å². The van der Waals surface area contributed by atoms with E-state index in [1.165, 1.54) is 0 Å². The second-order valence-corrected chi connectivity index (χ2v) is 3.34. The molecule has 0 aliphatic carbocycles. The number of nitrogens with one attached hydrogen (secondary N) is 1. The fourth-order valence-corrected chi connectivity index (χ4v) is 1.34. The smallest absolute Gasteiger partial charge is 0.404 e. The van der Waals surface area contributed by atoms with Crippen molar-refractivity contribution in [2.45, 2.75) is 20.4 Å². The predicted molar refractivity (Wildman–Crippen MR) is 57.0 cm³/mol. The van der Waals surface area contributed by atoms with Gasteiger partial charge >= 0.3 is 6.09 Å². The van der Waals surface area contributed by atoms with E-state index in [4.69, 9.17) is 11.7 Å². The van der Waals surface area contributed by atoms with Crippen molar-refractivity contribution < 1.29 is 9.90 Å². The van der Waals surface area contributed by atoms with Gasteiger partial charge in [0.15, 0.2) is 5.69 Å². The minimum absolute atomic E-state index is 0.278. The molecule has 0 saturated carbocycles. The van der Waals surface area contributed by atoms with Crippen molar-refractivity contribution in [1.82, 2.24) is 5.32 Å². The highest BCUT2D eigenvalue weighted by molar-refractivity contribution is 5.64. The minimum atomic E-state index is -1.04. The highest BCUT2D eigenvalue weighted by atomic mass is 16.4. The topological polar surface area (TPSA) is 53.7 Å². The molecule has 0 atom stereocenters. The van der Waals surface area contributed by atoms with Crippen LogP contribution in [0, 0.1) is 20.4 Å². The summed E-state index contributed by atoms with van der Waals surface area (Å²) < 4.78 is 0. The Hall–Kier alpha value is -2.02. The van der Waals surface area contributed by atoms with E-state index in [0.717, 1.165) is 16.7 Å². The van der Waals surface area contributed by atoms with E-state index in [0.29, 0.717) is 5.69 Å². The third-order valence-electron chi connectivity index (χ3n) is 2.21. The van der Waals surface area contributed by atoms with Gasteiger partial charge in [0.1, 0.15) is 0 Å². The third-order valence-corrected chi connectivity index (χ3v) is 2.21. The van der Waals surface area contributed by atoms with Gasteiger partial charge in [-0.1, -0.05) is 17.7 Å². The third kappa shape index (κ3) is 2.71. The summed E-state index contributed by atoms with van der Waals surface area (Å²) in [4.78, 5) is 13.7. The lowest BCUT2D eigenvalue weighted by Crippen LogP contribution is -2.20. The van der Waals surface area contributed by atoms with Crippen molar-refractivity contribution in [2.24, 2.45) is 0 Å². The van der Waals surface area contributed by atoms with Crippen LogP contribution in [0.2, 0.25) is 0 Å². The molecule has 0 spiro atoms. The number of rotatable bonds is 2. The summed E-state index contributed by atoms with van der Waals surface area (Å²) in [5.41, 5.74) is 3.33. The Bertz CT molecular complexity index is 433. The summed E-state index contributed by atoms with van der Waals surface area (Å²) in [6, 6.07) is 3.62. The number of hydrogen-bond acceptors (Lipinski definition) is 1. The van der Waals surface area contributed by atoms with E-state index >= 15 is 0 Å². The van der Waals surface area contributed by atoms with Crippen LogP contribution in [0.4, 0.5) is 10.5 Å². The van der Waals surface area contributed by atoms with Crippen molar-refractivity contribution in [1.29, 1.82) is 0 Å². The van der Waals surface area contributed by atoms with Crippen LogP contribution < -0.4 is 5.32 Å². The fraction of sp³-hybridized carbons (Fsp3) is 0.273. The Kier molecular flexibility index (Phi) is 3.29. The van der Waals surface area contributed by atoms with Crippen LogP contribution in [0.25, 0.3) is 4.85 Å². The van der Waals surface area contributed by atoms with Crippen molar-refractivity contribution in [3.05, 3.63) is 40.2 Å². The molecule has 15 heavy (non-hydrogen) atoms. The zero-order valence-corrected chi connectivity index (χ0v) is 8.66. The van der Waals surface area contributed by atoms with Crippen molar-refractivity contribution in [2.75, 3.05) is 0 Å². The van der Waals surface area contributed by atoms with Gasteiger partial charge < -0.3 is 10.4 Å². The first-order chi connectivity index (χ1) is 7.04. The Morgan fingerprint density at radius 2 is 2.13 bits per heavy atom. The molecule has 0 radical (unpaired) electrons. The lowest BCUT2D eigenvalue weighted by Gasteiger charge is -2.08. The number of benzene rings is 1. The molecular formula is C11H12N2O2. The Balaban J connectivity index is 2.96. The Morgan fingerprint density at radius 3 is 2.67 bits per heavy atom. The maximum Gasteiger partial charge on any atom is 0.404 e. The molecule has 1 aromatic carbocycles. The maximum atomic E-state index is 10.3. The highest BCUT2D eigenvalue weighted by Gasteiger charge is 2.05. The van der Waals surface area contributed by atoms with Gasteiger partial charge in [-0.15, -0.1) is 0 Å². The van der Waals surface area contributed by atoms with Crippen LogP contribution in [-0.4, -0.2) is 11.2 Å². The number of amides is 1. The lowest BCUT2D eigenvalue weighted by molar-refractivity contribution is 0.194. The van der Waals surface area contributed by atoms with Crippen LogP contribution in [0.3, 0.4) is 0 Å². The van der Waals surface area contributed by atoms with E-state index in [1.807, 2.05) is 19.9 Å². The molecule has 1 rings (SSSR count). The molecule has 0 bridgehead atoms. The maximum absolute atomic E-state index is 10.3. The highest BCUT2D eigenvalue weighted by Crippen LogP contribution is 2.23. The van der Waals surface area contributed by atoms with Crippen molar-refractivity contribution >= 4 is 11.8 Å². The van der Waals surface area contributed by atoms with Crippen molar-refractivity contribution in [3.8, 4) is 0 Å². The number of hydrogen-bond donors (Lipinski definition) is 2. The first-order valence-electron chi connectivity index (χ1n) is 4.49. The van der Waals surface area contributed by atoms with Crippen LogP contribution in [0.5, 0.6) is 0 Å². The summed E-state index contributed by atoms with van der Waals surface area (Å²) in [7, 11) is 0. The number of carbonyl (C=O) groups is 1. The molecule has 0 saturated heterocycles. The van der Waals surface area contributed by atoms with Gasteiger partial charge in [0.05, 0.1) is 6.57 Å². The van der Waals surface area contributed by atoms with Crippen LogP contribution >= 0.6 is 0 Å². The zero-order chi connectivity index (χ0) is 11.4. The van der Waals surface area contributed by atoms with E-state index in [-0.39, 0.29) is 6.54 Å². The number of carboxylic acid groups (broad SMARTS) is 1. The Morgan fingerprint density at radius 1 is 1.47 bits per heavy atom. The predicted octanol–water partition coefficient (Wildman–Crippen LogP) is 2.62. The summed E-state index contributed by atoms with van der Waals surface area (Å²) >= 11 is 0. The summed E-state index contributed by atoms with van der Waals surface area (Å²) in [6.45, 7) is 10.9. The monoisotopic (exact) mass is 204 g/mol. The molecule has 4 heteroatoms. The normalized spacial score (nSPS) is 9.40. The minimum Gasteiger partial charge on any atom is -0.465 e. The van der Waals surface area contributed by atoms with Crippen LogP contribution in [0.1, 0.15) is 16.7 Å². The summed E-state index contributed by atoms with van der Waals surface area (Å²) in [5.74, 6) is 0. The van der Waals surface area contributed by atoms with E-state index in [1.54, 1.807) is 6.07 Å². The largest absolute Gasteiger partial charge is 0.465 e. The first-order valence-corrected chi connectivity index (χ1v) is 4.49. The van der Waals surface area contributed by atoms with Gasteiger partial charge in [-0.05, 0) is 25.0 Å². The van der Waals surface area contributed by atoms with Gasteiger partial charge in [-0.3, -0.25) is 0 Å². The van der Waals surface area contributed by atoms with Crippen LogP contribution in [-0.2, 0) is 6.54 Å². The van der Waals surface area contributed by atoms with E-state index in [9.17, 15) is 4.79 Å². The van der Waals surface area contributed by atoms with Gasteiger partial charge in [0.2, 0.25) is 0 Å². The molecule has 0 aliphatic heterocycles. The average molecular weight is 204 g/mol. The lowest BCUT2D eigenvalue weighted by atomic mass is 10.0. The first kappa shape index (κ1) is 11.1. The van der Waals surface area contributed by atoms with E-state index < -0.39 is 6.09 Å². The molecule has 0 unspecified atom stereocenters. The quantitative estimate of drug-likeness (QED) is 0.727. The van der Waals surface area contributed by atoms with Crippen molar-refractivity contribution in [3.63, 3.8) is 0 Å². The average Bonchev–Trinajstić information content (AvgIpc) is 2.18. The number of aryl methyl sites for hydroxylation is 2. The molecular weight excluding hydrogens is 192 g/mol. The molecule has 78 valence electrons. The van der Waals surface area contributed by atoms with Gasteiger partial charge in [-0.2, -0.15) is 0 Å². The molecule has 1 aromatic rings. The molecule has 0 aromatic heterocycles. The zero-order valence-electron chi connectivity index (χ0n) is 8.66. The molecule has 0 fully saturated rings. The Labute approximate surface area is 88.4 Å². The fourth-order valence-electron chi connectivity index (χ4n) is 1.34. The molecule has 1 amide bonds. The molecule has 4 nitrogen and oxygen atoms in total.